The Hall–Kier alpha value is -0.0400. The van der Waals surface area contributed by atoms with Crippen LogP contribution < -0.4 is 0 Å². The van der Waals surface area contributed by atoms with Crippen LogP contribution in [0, 0.1) is 29.1 Å². The van der Waals surface area contributed by atoms with Gasteiger partial charge in [-0.15, -0.1) is 0 Å². The van der Waals surface area contributed by atoms with Crippen LogP contribution in [0.5, 0.6) is 0 Å². The molecule has 1 heterocycles. The van der Waals surface area contributed by atoms with E-state index in [9.17, 15) is 0 Å². The second kappa shape index (κ2) is 4.00. The molecule has 5 fully saturated rings. The fourth-order valence-electron chi connectivity index (χ4n) is 6.55. The van der Waals surface area contributed by atoms with Crippen molar-refractivity contribution in [3.63, 3.8) is 0 Å². The molecular weight excluding hydrogens is 230 g/mol. The summed E-state index contributed by atoms with van der Waals surface area (Å²) in [6.45, 7) is 9.95. The van der Waals surface area contributed by atoms with Crippen LogP contribution in [-0.2, 0) is 0 Å². The van der Waals surface area contributed by atoms with Crippen LogP contribution in [0.2, 0.25) is 0 Å². The van der Waals surface area contributed by atoms with E-state index in [2.05, 4.69) is 25.7 Å². The van der Waals surface area contributed by atoms with Crippen LogP contribution in [0.15, 0.2) is 0 Å². The molecule has 0 spiro atoms. The second-order valence-electron chi connectivity index (χ2n) is 9.38. The smallest absolute Gasteiger partial charge is 0.0125 e. The molecule has 1 unspecified atom stereocenters. The summed E-state index contributed by atoms with van der Waals surface area (Å²) in [7, 11) is 0. The predicted octanol–water partition coefficient (Wildman–Crippen LogP) is 4.32. The lowest BCUT2D eigenvalue weighted by molar-refractivity contribution is -0.0857. The first-order valence-electron chi connectivity index (χ1n) is 8.70. The van der Waals surface area contributed by atoms with Crippen molar-refractivity contribution in [1.82, 2.24) is 4.90 Å². The van der Waals surface area contributed by atoms with Gasteiger partial charge in [0.05, 0.1) is 0 Å². The molecule has 0 radical (unpaired) electrons. The summed E-state index contributed by atoms with van der Waals surface area (Å²) in [4.78, 5) is 2.76. The zero-order valence-electron chi connectivity index (χ0n) is 13.1. The fourth-order valence-corrected chi connectivity index (χ4v) is 6.55. The number of nitrogens with zero attached hydrogens (tertiary/aromatic N) is 1. The first-order valence-corrected chi connectivity index (χ1v) is 8.70. The van der Waals surface area contributed by atoms with Crippen molar-refractivity contribution in [2.24, 2.45) is 29.1 Å². The largest absolute Gasteiger partial charge is 0.298 e. The van der Waals surface area contributed by atoms with Gasteiger partial charge in [0.15, 0.2) is 0 Å². The molecule has 4 bridgehead atoms. The molecule has 108 valence electrons. The highest BCUT2D eigenvalue weighted by Gasteiger charge is 2.55. The Morgan fingerprint density at radius 1 is 0.895 bits per heavy atom. The minimum atomic E-state index is 0.386. The number of rotatable bonds is 1. The van der Waals surface area contributed by atoms with Gasteiger partial charge in [-0.25, -0.2) is 0 Å². The Labute approximate surface area is 119 Å². The molecule has 1 heteroatoms. The minimum Gasteiger partial charge on any atom is -0.298 e. The van der Waals surface area contributed by atoms with Gasteiger partial charge in [0.25, 0.3) is 0 Å². The molecule has 1 atom stereocenters. The molecule has 0 N–H and O–H groups in total. The Morgan fingerprint density at radius 3 is 1.84 bits per heavy atom. The van der Waals surface area contributed by atoms with E-state index < -0.39 is 0 Å². The van der Waals surface area contributed by atoms with E-state index in [-0.39, 0.29) is 0 Å². The van der Waals surface area contributed by atoms with Gasteiger partial charge < -0.3 is 0 Å². The van der Waals surface area contributed by atoms with E-state index >= 15 is 0 Å². The van der Waals surface area contributed by atoms with E-state index in [0.29, 0.717) is 5.54 Å². The summed E-state index contributed by atoms with van der Waals surface area (Å²) < 4.78 is 0. The summed E-state index contributed by atoms with van der Waals surface area (Å²) in [6, 6.07) is 0. The predicted molar refractivity (Wildman–Crippen MR) is 80.0 cm³/mol. The molecule has 1 nitrogen and oxygen atoms in total. The normalized spacial score (nSPS) is 50.1. The van der Waals surface area contributed by atoms with Crippen molar-refractivity contribution < 1.29 is 0 Å². The lowest BCUT2D eigenvalue weighted by atomic mass is 9.46. The molecule has 0 aromatic carbocycles. The first-order chi connectivity index (χ1) is 8.95. The van der Waals surface area contributed by atoms with Gasteiger partial charge in [0.1, 0.15) is 0 Å². The van der Waals surface area contributed by atoms with Gasteiger partial charge in [-0.3, -0.25) is 4.90 Å². The summed E-state index contributed by atoms with van der Waals surface area (Å²) in [6.07, 6.45) is 11.1. The van der Waals surface area contributed by atoms with E-state index in [1.807, 2.05) is 0 Å². The molecule has 19 heavy (non-hydrogen) atoms. The average molecular weight is 261 g/mol. The van der Waals surface area contributed by atoms with E-state index in [1.165, 1.54) is 19.5 Å². The highest BCUT2D eigenvalue weighted by Crippen LogP contribution is 2.64. The van der Waals surface area contributed by atoms with Crippen LogP contribution in [-0.4, -0.2) is 23.5 Å². The van der Waals surface area contributed by atoms with Gasteiger partial charge in [-0.1, -0.05) is 0 Å². The zero-order valence-corrected chi connectivity index (χ0v) is 13.1. The fraction of sp³-hybridized carbons (Fsp3) is 1.00. The van der Waals surface area contributed by atoms with Crippen LogP contribution in [0.1, 0.15) is 65.7 Å². The number of hydrogen-bond donors (Lipinski definition) is 0. The monoisotopic (exact) mass is 261 g/mol. The maximum atomic E-state index is 2.76. The minimum absolute atomic E-state index is 0.386. The van der Waals surface area contributed by atoms with Crippen LogP contribution in [0.3, 0.4) is 0 Å². The molecule has 4 saturated carbocycles. The third kappa shape index (κ3) is 1.99. The van der Waals surface area contributed by atoms with Crippen molar-refractivity contribution >= 4 is 0 Å². The third-order valence-electron chi connectivity index (χ3n) is 7.09. The lowest BCUT2D eigenvalue weighted by Crippen LogP contribution is -2.50. The molecule has 5 rings (SSSR count). The Morgan fingerprint density at radius 2 is 1.42 bits per heavy atom. The molecule has 5 aliphatic rings. The highest BCUT2D eigenvalue weighted by atomic mass is 15.2. The molecular formula is C18H31N. The van der Waals surface area contributed by atoms with Crippen LogP contribution in [0.25, 0.3) is 0 Å². The molecule has 0 aromatic heterocycles. The molecule has 1 aliphatic heterocycles. The standard InChI is InChI=1S/C18H31N/c1-17(2,3)19-5-4-16(12-19)18-9-13-6-14(10-18)8-15(7-13)11-18/h13-16H,4-12H2,1-3H3. The van der Waals surface area contributed by atoms with Crippen molar-refractivity contribution in [2.75, 3.05) is 13.1 Å². The average Bonchev–Trinajstić information content (AvgIpc) is 2.75. The maximum absolute atomic E-state index is 2.76. The lowest BCUT2D eigenvalue weighted by Gasteiger charge is -2.59. The first kappa shape index (κ1) is 12.7. The van der Waals surface area contributed by atoms with E-state index in [1.54, 1.807) is 38.5 Å². The SMILES string of the molecule is CC(C)(C)N1CCC(C23CC4CC(CC(C4)C2)C3)C1. The molecule has 4 aliphatic carbocycles. The van der Waals surface area contributed by atoms with Crippen molar-refractivity contribution in [1.29, 1.82) is 0 Å². The quantitative estimate of drug-likeness (QED) is 0.679. The number of likely N-dealkylation sites (tertiary alicyclic amines) is 1. The third-order valence-corrected chi connectivity index (χ3v) is 7.09. The summed E-state index contributed by atoms with van der Waals surface area (Å²) >= 11 is 0. The highest BCUT2D eigenvalue weighted by molar-refractivity contribution is 5.06. The van der Waals surface area contributed by atoms with Gasteiger partial charge >= 0.3 is 0 Å². The molecule has 0 aromatic rings. The Bertz CT molecular complexity index is 329. The van der Waals surface area contributed by atoms with Crippen molar-refractivity contribution in [2.45, 2.75) is 71.3 Å². The second-order valence-corrected chi connectivity index (χ2v) is 9.38. The number of hydrogen-bond acceptors (Lipinski definition) is 1. The van der Waals surface area contributed by atoms with E-state index in [0.717, 1.165) is 29.1 Å². The van der Waals surface area contributed by atoms with E-state index in [4.69, 9.17) is 0 Å². The Kier molecular flexibility index (Phi) is 2.67. The summed E-state index contributed by atoms with van der Waals surface area (Å²) in [5.74, 6) is 4.39. The van der Waals surface area contributed by atoms with Crippen LogP contribution >= 0.6 is 0 Å². The molecule has 0 amide bonds. The molecule has 1 saturated heterocycles. The Balaban J connectivity index is 1.54. The van der Waals surface area contributed by atoms with Gasteiger partial charge in [0.2, 0.25) is 0 Å². The topological polar surface area (TPSA) is 3.24 Å². The van der Waals surface area contributed by atoms with Gasteiger partial charge in [-0.05, 0) is 101 Å². The van der Waals surface area contributed by atoms with Crippen LogP contribution in [0.4, 0.5) is 0 Å². The summed E-state index contributed by atoms with van der Waals surface area (Å²) in [5.41, 5.74) is 1.17. The summed E-state index contributed by atoms with van der Waals surface area (Å²) in [5, 5.41) is 0. The van der Waals surface area contributed by atoms with Crippen molar-refractivity contribution in [3.8, 4) is 0 Å². The zero-order chi connectivity index (χ0) is 13.3. The van der Waals surface area contributed by atoms with Crippen molar-refractivity contribution in [3.05, 3.63) is 0 Å². The van der Waals surface area contributed by atoms with Gasteiger partial charge in [-0.2, -0.15) is 0 Å². The van der Waals surface area contributed by atoms with Gasteiger partial charge in [0, 0.05) is 12.1 Å². The maximum Gasteiger partial charge on any atom is 0.0125 e.